The molecule has 4 atom stereocenters. The maximum atomic E-state index is 3.65. The molecule has 1 rings (SSSR count). The minimum atomic E-state index is 0.762. The first-order valence-electron chi connectivity index (χ1n) is 6.42. The zero-order valence-electron chi connectivity index (χ0n) is 10.3. The van der Waals surface area contributed by atoms with Crippen molar-refractivity contribution in [3.63, 3.8) is 0 Å². The molecule has 0 aliphatic heterocycles. The highest BCUT2D eigenvalue weighted by molar-refractivity contribution is 4.84. The highest BCUT2D eigenvalue weighted by Gasteiger charge is 2.30. The van der Waals surface area contributed by atoms with Crippen molar-refractivity contribution in [2.24, 2.45) is 17.8 Å². The van der Waals surface area contributed by atoms with Gasteiger partial charge in [-0.25, -0.2) is 0 Å². The van der Waals surface area contributed by atoms with Crippen LogP contribution in [0, 0.1) is 17.8 Å². The van der Waals surface area contributed by atoms with E-state index in [9.17, 15) is 0 Å². The minimum Gasteiger partial charge on any atom is -0.314 e. The lowest BCUT2D eigenvalue weighted by atomic mass is 9.71. The quantitative estimate of drug-likeness (QED) is 0.728. The topological polar surface area (TPSA) is 12.0 Å². The third-order valence-corrected chi connectivity index (χ3v) is 3.94. The number of hydrogen-bond acceptors (Lipinski definition) is 1. The molecule has 0 aromatic heterocycles. The standard InChI is InChI=1S/C13H27N/c1-5-13(14-6-2)12-9-10(3)7-8-11(12)4/h10-14H,5-9H2,1-4H3. The molecule has 1 nitrogen and oxygen atoms in total. The van der Waals surface area contributed by atoms with E-state index in [0.717, 1.165) is 30.3 Å². The molecule has 1 aliphatic carbocycles. The zero-order chi connectivity index (χ0) is 10.6. The number of rotatable bonds is 4. The van der Waals surface area contributed by atoms with Gasteiger partial charge in [-0.2, -0.15) is 0 Å². The van der Waals surface area contributed by atoms with Gasteiger partial charge in [0.25, 0.3) is 0 Å². The molecule has 1 fully saturated rings. The first kappa shape index (κ1) is 12.0. The molecule has 14 heavy (non-hydrogen) atoms. The van der Waals surface area contributed by atoms with E-state index >= 15 is 0 Å². The van der Waals surface area contributed by atoms with Gasteiger partial charge in [-0.3, -0.25) is 0 Å². The molecule has 0 bridgehead atoms. The molecule has 1 N–H and O–H groups in total. The Balaban J connectivity index is 2.52. The maximum Gasteiger partial charge on any atom is 0.00952 e. The Bertz CT molecular complexity index is 155. The lowest BCUT2D eigenvalue weighted by Crippen LogP contribution is -2.41. The fraction of sp³-hybridized carbons (Fsp3) is 1.00. The van der Waals surface area contributed by atoms with E-state index in [0.29, 0.717) is 0 Å². The van der Waals surface area contributed by atoms with Crippen LogP contribution in [0.5, 0.6) is 0 Å². The summed E-state index contributed by atoms with van der Waals surface area (Å²) >= 11 is 0. The Morgan fingerprint density at radius 2 is 1.93 bits per heavy atom. The molecular formula is C13H27N. The second kappa shape index (κ2) is 5.75. The van der Waals surface area contributed by atoms with Crippen molar-refractivity contribution >= 4 is 0 Å². The van der Waals surface area contributed by atoms with Gasteiger partial charge in [0, 0.05) is 6.04 Å². The van der Waals surface area contributed by atoms with Crippen LogP contribution >= 0.6 is 0 Å². The zero-order valence-corrected chi connectivity index (χ0v) is 10.3. The van der Waals surface area contributed by atoms with Crippen LogP contribution < -0.4 is 5.32 Å². The summed E-state index contributed by atoms with van der Waals surface area (Å²) < 4.78 is 0. The van der Waals surface area contributed by atoms with Crippen LogP contribution in [0.15, 0.2) is 0 Å². The molecule has 1 heteroatoms. The van der Waals surface area contributed by atoms with Gasteiger partial charge in [0.2, 0.25) is 0 Å². The van der Waals surface area contributed by atoms with Crippen LogP contribution in [0.25, 0.3) is 0 Å². The average molecular weight is 197 g/mol. The predicted octanol–water partition coefficient (Wildman–Crippen LogP) is 3.45. The van der Waals surface area contributed by atoms with Crippen molar-refractivity contribution in [2.45, 2.75) is 59.4 Å². The van der Waals surface area contributed by atoms with E-state index in [-0.39, 0.29) is 0 Å². The number of nitrogens with one attached hydrogen (secondary N) is 1. The summed E-state index contributed by atoms with van der Waals surface area (Å²) in [5, 5.41) is 3.65. The summed E-state index contributed by atoms with van der Waals surface area (Å²) in [6, 6.07) is 0.762. The second-order valence-corrected chi connectivity index (χ2v) is 5.13. The number of hydrogen-bond donors (Lipinski definition) is 1. The van der Waals surface area contributed by atoms with E-state index in [1.54, 1.807) is 0 Å². The Labute approximate surface area is 89.7 Å². The highest BCUT2D eigenvalue weighted by atomic mass is 14.9. The van der Waals surface area contributed by atoms with Gasteiger partial charge in [0.1, 0.15) is 0 Å². The first-order chi connectivity index (χ1) is 6.69. The maximum absolute atomic E-state index is 3.65. The highest BCUT2D eigenvalue weighted by Crippen LogP contribution is 2.36. The van der Waals surface area contributed by atoms with Crippen LogP contribution in [0.4, 0.5) is 0 Å². The van der Waals surface area contributed by atoms with Gasteiger partial charge < -0.3 is 5.32 Å². The van der Waals surface area contributed by atoms with E-state index < -0.39 is 0 Å². The van der Waals surface area contributed by atoms with Crippen molar-refractivity contribution in [3.05, 3.63) is 0 Å². The molecule has 0 amide bonds. The van der Waals surface area contributed by atoms with Crippen molar-refractivity contribution in [1.82, 2.24) is 5.32 Å². The minimum absolute atomic E-state index is 0.762. The lowest BCUT2D eigenvalue weighted by molar-refractivity contribution is 0.154. The van der Waals surface area contributed by atoms with Crippen LogP contribution in [0.1, 0.15) is 53.4 Å². The van der Waals surface area contributed by atoms with Crippen LogP contribution in [-0.2, 0) is 0 Å². The third-order valence-electron chi connectivity index (χ3n) is 3.94. The van der Waals surface area contributed by atoms with Gasteiger partial charge in [-0.05, 0) is 37.1 Å². The third kappa shape index (κ3) is 2.98. The Morgan fingerprint density at radius 1 is 1.21 bits per heavy atom. The Hall–Kier alpha value is -0.0400. The molecule has 84 valence electrons. The fourth-order valence-corrected chi connectivity index (χ4v) is 3.00. The summed E-state index contributed by atoms with van der Waals surface area (Å²) in [7, 11) is 0. The summed E-state index contributed by atoms with van der Waals surface area (Å²) in [5.41, 5.74) is 0. The van der Waals surface area contributed by atoms with Gasteiger partial charge in [0.05, 0.1) is 0 Å². The van der Waals surface area contributed by atoms with Crippen molar-refractivity contribution in [2.75, 3.05) is 6.54 Å². The molecule has 0 aromatic rings. The van der Waals surface area contributed by atoms with Crippen molar-refractivity contribution in [3.8, 4) is 0 Å². The van der Waals surface area contributed by atoms with E-state index in [1.807, 2.05) is 0 Å². The van der Waals surface area contributed by atoms with E-state index in [4.69, 9.17) is 0 Å². The summed E-state index contributed by atoms with van der Waals surface area (Å²) in [4.78, 5) is 0. The predicted molar refractivity (Wildman–Crippen MR) is 63.4 cm³/mol. The molecule has 4 unspecified atom stereocenters. The Morgan fingerprint density at radius 3 is 2.50 bits per heavy atom. The molecule has 1 saturated carbocycles. The van der Waals surface area contributed by atoms with Crippen LogP contribution in [-0.4, -0.2) is 12.6 Å². The normalized spacial score (nSPS) is 35.6. The van der Waals surface area contributed by atoms with E-state index in [2.05, 4.69) is 33.0 Å². The molecule has 0 radical (unpaired) electrons. The lowest BCUT2D eigenvalue weighted by Gasteiger charge is -2.38. The molecule has 0 aromatic carbocycles. The van der Waals surface area contributed by atoms with Gasteiger partial charge in [0.15, 0.2) is 0 Å². The summed E-state index contributed by atoms with van der Waals surface area (Å²) in [6.07, 6.45) is 5.61. The van der Waals surface area contributed by atoms with Gasteiger partial charge in [-0.15, -0.1) is 0 Å². The fourth-order valence-electron chi connectivity index (χ4n) is 3.00. The first-order valence-corrected chi connectivity index (χ1v) is 6.42. The van der Waals surface area contributed by atoms with Crippen molar-refractivity contribution < 1.29 is 0 Å². The monoisotopic (exact) mass is 197 g/mol. The SMILES string of the molecule is CCNC(CC)C1CC(C)CCC1C. The van der Waals surface area contributed by atoms with Gasteiger partial charge >= 0.3 is 0 Å². The molecule has 0 heterocycles. The smallest absolute Gasteiger partial charge is 0.00952 e. The molecule has 0 saturated heterocycles. The molecule has 1 aliphatic rings. The van der Waals surface area contributed by atoms with Crippen molar-refractivity contribution in [1.29, 1.82) is 0 Å². The largest absolute Gasteiger partial charge is 0.314 e. The second-order valence-electron chi connectivity index (χ2n) is 5.13. The van der Waals surface area contributed by atoms with Crippen LogP contribution in [0.2, 0.25) is 0 Å². The average Bonchev–Trinajstić information content (AvgIpc) is 2.18. The van der Waals surface area contributed by atoms with Crippen LogP contribution in [0.3, 0.4) is 0 Å². The molecule has 0 spiro atoms. The summed E-state index contributed by atoms with van der Waals surface area (Å²) in [6.45, 7) is 10.5. The van der Waals surface area contributed by atoms with E-state index in [1.165, 1.54) is 25.7 Å². The van der Waals surface area contributed by atoms with Gasteiger partial charge in [-0.1, -0.05) is 40.5 Å². The Kier molecular flexibility index (Phi) is 4.94. The summed E-state index contributed by atoms with van der Waals surface area (Å²) in [5.74, 6) is 2.79. The molecular weight excluding hydrogens is 170 g/mol.